The summed E-state index contributed by atoms with van der Waals surface area (Å²) in [4.78, 5) is 16.3. The molecule has 25 heavy (non-hydrogen) atoms. The van der Waals surface area contributed by atoms with Crippen molar-refractivity contribution in [1.29, 1.82) is 0 Å². The van der Waals surface area contributed by atoms with Gasteiger partial charge in [-0.1, -0.05) is 12.1 Å². The van der Waals surface area contributed by atoms with Crippen molar-refractivity contribution in [3.8, 4) is 11.1 Å². The largest absolute Gasteiger partial charge is 0.309 e. The number of aromatic nitrogens is 2. The van der Waals surface area contributed by atoms with Crippen molar-refractivity contribution in [2.75, 3.05) is 5.32 Å². The van der Waals surface area contributed by atoms with Gasteiger partial charge in [0, 0.05) is 17.3 Å². The number of rotatable bonds is 3. The Morgan fingerprint density at radius 2 is 2.04 bits per heavy atom. The third kappa shape index (κ3) is 2.67. The zero-order chi connectivity index (χ0) is 17.7. The van der Waals surface area contributed by atoms with Gasteiger partial charge in [0.2, 0.25) is 5.91 Å². The average Bonchev–Trinajstić information content (AvgIpc) is 3.23. The lowest BCUT2D eigenvalue weighted by atomic mass is 10.0. The Morgan fingerprint density at radius 1 is 1.28 bits per heavy atom. The summed E-state index contributed by atoms with van der Waals surface area (Å²) < 4.78 is 29.1. The van der Waals surface area contributed by atoms with Crippen LogP contribution in [0.15, 0.2) is 36.5 Å². The number of hydrogen-bond donors (Lipinski definition) is 1. The second-order valence-corrected chi connectivity index (χ2v) is 6.47. The Bertz CT molecular complexity index is 975. The second-order valence-electron chi connectivity index (χ2n) is 6.47. The van der Waals surface area contributed by atoms with Crippen LogP contribution in [0.4, 0.5) is 14.6 Å². The van der Waals surface area contributed by atoms with Crippen LogP contribution in [-0.4, -0.2) is 21.5 Å². The van der Waals surface area contributed by atoms with Gasteiger partial charge in [0.1, 0.15) is 17.6 Å². The molecule has 4 nitrogen and oxygen atoms in total. The summed E-state index contributed by atoms with van der Waals surface area (Å²) in [5, 5.41) is 2.69. The van der Waals surface area contributed by atoms with Crippen LogP contribution in [0.2, 0.25) is 0 Å². The molecular formula is C19H17F2N3O. The normalized spacial score (nSPS) is 19.2. The Kier molecular flexibility index (Phi) is 3.56. The maximum atomic E-state index is 14.2. The van der Waals surface area contributed by atoms with Crippen LogP contribution in [0.25, 0.3) is 16.8 Å². The standard InChI is InChI=1S/C19H17F2N3O/c1-10-4-3-5-14(20)17(10)12-6-7-16-22-18(11(2)24(16)9-12)23-19(25)13-8-15(13)21/h3-7,9,13,15H,8H2,1-2H3,(H,23,25)/t13-,15?/m1/s1. The number of imidazole rings is 1. The number of pyridine rings is 1. The van der Waals surface area contributed by atoms with Crippen molar-refractivity contribution in [3.05, 3.63) is 53.6 Å². The highest BCUT2D eigenvalue weighted by Crippen LogP contribution is 2.35. The highest BCUT2D eigenvalue weighted by molar-refractivity contribution is 5.94. The number of carbonyl (C=O) groups is 1. The molecule has 4 rings (SSSR count). The predicted molar refractivity (Wildman–Crippen MR) is 91.7 cm³/mol. The van der Waals surface area contributed by atoms with Crippen LogP contribution in [0, 0.1) is 25.6 Å². The van der Waals surface area contributed by atoms with E-state index in [2.05, 4.69) is 10.3 Å². The van der Waals surface area contributed by atoms with Crippen molar-refractivity contribution < 1.29 is 13.6 Å². The summed E-state index contributed by atoms with van der Waals surface area (Å²) in [7, 11) is 0. The summed E-state index contributed by atoms with van der Waals surface area (Å²) in [5.41, 5.74) is 3.47. The molecule has 0 radical (unpaired) electrons. The molecule has 1 N–H and O–H groups in total. The molecule has 2 heterocycles. The van der Waals surface area contributed by atoms with E-state index in [0.29, 0.717) is 17.0 Å². The van der Waals surface area contributed by atoms with E-state index >= 15 is 0 Å². The van der Waals surface area contributed by atoms with Gasteiger partial charge in [-0.15, -0.1) is 0 Å². The number of hydrogen-bond acceptors (Lipinski definition) is 2. The molecule has 0 bridgehead atoms. The minimum absolute atomic E-state index is 0.273. The molecule has 0 aliphatic heterocycles. The van der Waals surface area contributed by atoms with Gasteiger partial charge in [-0.25, -0.2) is 13.8 Å². The van der Waals surface area contributed by atoms with E-state index < -0.39 is 12.1 Å². The number of benzene rings is 1. The van der Waals surface area contributed by atoms with E-state index in [1.54, 1.807) is 28.8 Å². The van der Waals surface area contributed by atoms with Crippen molar-refractivity contribution in [3.63, 3.8) is 0 Å². The molecule has 1 saturated carbocycles. The van der Waals surface area contributed by atoms with Crippen LogP contribution in [-0.2, 0) is 4.79 Å². The van der Waals surface area contributed by atoms with Gasteiger partial charge < -0.3 is 9.72 Å². The lowest BCUT2D eigenvalue weighted by Gasteiger charge is -2.08. The molecule has 3 aromatic rings. The van der Waals surface area contributed by atoms with E-state index in [1.165, 1.54) is 6.07 Å². The number of amides is 1. The first kappa shape index (κ1) is 15.7. The molecule has 1 fully saturated rings. The molecule has 0 saturated heterocycles. The minimum atomic E-state index is -1.05. The van der Waals surface area contributed by atoms with Gasteiger partial charge in [0.25, 0.3) is 0 Å². The first-order valence-corrected chi connectivity index (χ1v) is 8.15. The zero-order valence-electron chi connectivity index (χ0n) is 13.9. The van der Waals surface area contributed by atoms with Crippen LogP contribution < -0.4 is 5.32 Å². The Morgan fingerprint density at radius 3 is 2.72 bits per heavy atom. The molecule has 6 heteroatoms. The number of carbonyl (C=O) groups excluding carboxylic acids is 1. The zero-order valence-corrected chi connectivity index (χ0v) is 13.9. The van der Waals surface area contributed by atoms with Crippen LogP contribution >= 0.6 is 0 Å². The van der Waals surface area contributed by atoms with Crippen molar-refractivity contribution >= 4 is 17.4 Å². The predicted octanol–water partition coefficient (Wildman–Crippen LogP) is 4.05. The molecule has 2 aromatic heterocycles. The second kappa shape index (κ2) is 5.65. The summed E-state index contributed by atoms with van der Waals surface area (Å²) in [6.45, 7) is 3.67. The molecular weight excluding hydrogens is 324 g/mol. The Hall–Kier alpha value is -2.76. The molecule has 1 aliphatic carbocycles. The average molecular weight is 341 g/mol. The van der Waals surface area contributed by atoms with Gasteiger partial charge in [-0.05, 0) is 44.0 Å². The summed E-state index contributed by atoms with van der Waals surface area (Å²) in [5.74, 6) is -0.787. The first-order chi connectivity index (χ1) is 12.0. The van der Waals surface area contributed by atoms with Crippen molar-refractivity contribution in [2.24, 2.45) is 5.92 Å². The van der Waals surface area contributed by atoms with Crippen LogP contribution in [0.3, 0.4) is 0 Å². The van der Waals surface area contributed by atoms with Crippen molar-refractivity contribution in [1.82, 2.24) is 9.38 Å². The molecule has 128 valence electrons. The van der Waals surface area contributed by atoms with E-state index in [4.69, 9.17) is 0 Å². The molecule has 1 aliphatic rings. The summed E-state index contributed by atoms with van der Waals surface area (Å²) in [6, 6.07) is 8.55. The number of alkyl halides is 1. The molecule has 1 amide bonds. The maximum absolute atomic E-state index is 14.2. The number of aryl methyl sites for hydroxylation is 2. The number of nitrogens with one attached hydrogen (secondary N) is 1. The summed E-state index contributed by atoms with van der Waals surface area (Å²) in [6.07, 6.45) is 1.02. The third-order valence-corrected chi connectivity index (χ3v) is 4.66. The number of nitrogens with zero attached hydrogens (tertiary/aromatic N) is 2. The molecule has 1 unspecified atom stereocenters. The molecule has 2 atom stereocenters. The van der Waals surface area contributed by atoms with E-state index in [0.717, 1.165) is 16.8 Å². The van der Waals surface area contributed by atoms with Crippen LogP contribution in [0.1, 0.15) is 17.7 Å². The van der Waals surface area contributed by atoms with Gasteiger partial charge in [-0.2, -0.15) is 0 Å². The Labute approximate surface area is 143 Å². The van der Waals surface area contributed by atoms with Gasteiger partial charge in [0.05, 0.1) is 11.6 Å². The van der Waals surface area contributed by atoms with E-state index in [9.17, 15) is 13.6 Å². The first-order valence-electron chi connectivity index (χ1n) is 8.15. The minimum Gasteiger partial charge on any atom is -0.309 e. The fraction of sp³-hybridized carbons (Fsp3) is 0.263. The fourth-order valence-corrected chi connectivity index (χ4v) is 3.07. The molecule has 0 spiro atoms. The number of anilines is 1. The number of fused-ring (bicyclic) bond motifs is 1. The lowest BCUT2D eigenvalue weighted by molar-refractivity contribution is -0.117. The maximum Gasteiger partial charge on any atom is 0.231 e. The smallest absolute Gasteiger partial charge is 0.231 e. The van der Waals surface area contributed by atoms with Gasteiger partial charge in [-0.3, -0.25) is 4.79 Å². The van der Waals surface area contributed by atoms with Gasteiger partial charge >= 0.3 is 0 Å². The number of halogens is 2. The van der Waals surface area contributed by atoms with Crippen LogP contribution in [0.5, 0.6) is 0 Å². The van der Waals surface area contributed by atoms with E-state index in [-0.39, 0.29) is 18.1 Å². The topological polar surface area (TPSA) is 46.4 Å². The molecule has 1 aromatic carbocycles. The third-order valence-electron chi connectivity index (χ3n) is 4.66. The fourth-order valence-electron chi connectivity index (χ4n) is 3.07. The highest BCUT2D eigenvalue weighted by atomic mass is 19.1. The quantitative estimate of drug-likeness (QED) is 0.781. The summed E-state index contributed by atoms with van der Waals surface area (Å²) >= 11 is 0. The lowest BCUT2D eigenvalue weighted by Crippen LogP contribution is -2.16. The van der Waals surface area contributed by atoms with E-state index in [1.807, 2.05) is 19.9 Å². The van der Waals surface area contributed by atoms with Gasteiger partial charge in [0.15, 0.2) is 5.82 Å². The highest BCUT2D eigenvalue weighted by Gasteiger charge is 2.44. The SMILES string of the molecule is Cc1cccc(F)c1-c1ccc2nc(NC(=O)[C@@H]3CC3F)c(C)n2c1. The monoisotopic (exact) mass is 341 g/mol. The van der Waals surface area contributed by atoms with Crippen molar-refractivity contribution in [2.45, 2.75) is 26.4 Å². The Balaban J connectivity index is 1.74.